The normalized spacial score (nSPS) is 11.5. The van der Waals surface area contributed by atoms with Gasteiger partial charge in [-0.1, -0.05) is 54.0 Å². The Morgan fingerprint density at radius 1 is 1.00 bits per heavy atom. The first-order valence-electron chi connectivity index (χ1n) is 10.8. The molecule has 0 spiro atoms. The number of nitrogens with zero attached hydrogens (tertiary/aromatic N) is 3. The Labute approximate surface area is 219 Å². The number of carbonyl (C=O) groups excluding carboxylic acids is 1. The number of nitrogens with one attached hydrogen (secondary N) is 1. The molecular formula is C25H19Cl2F3N4OS. The number of rotatable bonds is 7. The van der Waals surface area contributed by atoms with E-state index in [1.165, 1.54) is 0 Å². The zero-order valence-corrected chi connectivity index (χ0v) is 21.1. The van der Waals surface area contributed by atoms with Crippen LogP contribution in [0.3, 0.4) is 0 Å². The zero-order valence-electron chi connectivity index (χ0n) is 18.8. The largest absolute Gasteiger partial charge is 0.416 e. The van der Waals surface area contributed by atoms with Gasteiger partial charge in [0.1, 0.15) is 0 Å². The summed E-state index contributed by atoms with van der Waals surface area (Å²) in [5.41, 5.74) is 1.71. The molecule has 0 bridgehead atoms. The molecule has 3 aromatic carbocycles. The molecule has 0 saturated carbocycles. The molecule has 36 heavy (non-hydrogen) atoms. The molecule has 1 N–H and O–H groups in total. The molecule has 1 amide bonds. The minimum absolute atomic E-state index is 0.00514. The average Bonchev–Trinajstić information content (AvgIpc) is 3.28. The molecule has 4 aromatic rings. The van der Waals surface area contributed by atoms with Crippen LogP contribution >= 0.6 is 35.0 Å². The number of carbonyl (C=O) groups is 1. The first kappa shape index (κ1) is 26.1. The predicted molar refractivity (Wildman–Crippen MR) is 137 cm³/mol. The molecule has 0 fully saturated rings. The number of anilines is 1. The second-order valence-electron chi connectivity index (χ2n) is 7.70. The maximum atomic E-state index is 13.0. The second kappa shape index (κ2) is 10.9. The van der Waals surface area contributed by atoms with Gasteiger partial charge in [-0.25, -0.2) is 0 Å². The highest BCUT2D eigenvalue weighted by molar-refractivity contribution is 7.99. The summed E-state index contributed by atoms with van der Waals surface area (Å²) >= 11 is 13.1. The van der Waals surface area contributed by atoms with Gasteiger partial charge in [0.05, 0.1) is 22.0 Å². The molecule has 1 heterocycles. The maximum absolute atomic E-state index is 13.0. The highest BCUT2D eigenvalue weighted by Crippen LogP contribution is 2.34. The Morgan fingerprint density at radius 3 is 2.33 bits per heavy atom. The third-order valence-corrected chi connectivity index (χ3v) is 6.75. The number of halogens is 5. The number of aryl methyl sites for hydroxylation is 1. The van der Waals surface area contributed by atoms with Gasteiger partial charge in [0.15, 0.2) is 11.0 Å². The van der Waals surface area contributed by atoms with Crippen LogP contribution in [-0.2, 0) is 17.4 Å². The van der Waals surface area contributed by atoms with Crippen molar-refractivity contribution in [2.45, 2.75) is 24.7 Å². The smallest absolute Gasteiger partial charge is 0.324 e. The van der Waals surface area contributed by atoms with Gasteiger partial charge in [-0.05, 0) is 66.6 Å². The fourth-order valence-electron chi connectivity index (χ4n) is 3.38. The van der Waals surface area contributed by atoms with Crippen LogP contribution in [0.15, 0.2) is 71.9 Å². The van der Waals surface area contributed by atoms with Crippen molar-refractivity contribution in [1.82, 2.24) is 14.8 Å². The fraction of sp³-hybridized carbons (Fsp3) is 0.160. The summed E-state index contributed by atoms with van der Waals surface area (Å²) < 4.78 is 40.9. The van der Waals surface area contributed by atoms with Crippen LogP contribution in [-0.4, -0.2) is 26.4 Å². The second-order valence-corrected chi connectivity index (χ2v) is 9.48. The third-order valence-electron chi connectivity index (χ3n) is 5.24. The highest BCUT2D eigenvalue weighted by Gasteiger charge is 2.31. The standard InChI is InChI=1S/C25H19Cl2F3N4OS/c1-2-15-3-10-19(11-4-15)34-23(16-5-8-18(26)9-6-16)32-33-24(34)36-14-22(35)31-21-13-17(25(28,29)30)7-12-20(21)27/h3-13H,2,14H2,1H3,(H,31,35). The van der Waals surface area contributed by atoms with E-state index in [-0.39, 0.29) is 16.5 Å². The van der Waals surface area contributed by atoms with Gasteiger partial charge in [0.25, 0.3) is 0 Å². The molecule has 0 aliphatic heterocycles. The Kier molecular flexibility index (Phi) is 7.92. The van der Waals surface area contributed by atoms with Gasteiger partial charge in [0.2, 0.25) is 5.91 Å². The Hall–Kier alpha value is -3.01. The molecule has 186 valence electrons. The average molecular weight is 551 g/mol. The summed E-state index contributed by atoms with van der Waals surface area (Å²) in [6, 6.07) is 17.8. The van der Waals surface area contributed by atoms with Crippen LogP contribution in [0.5, 0.6) is 0 Å². The van der Waals surface area contributed by atoms with E-state index in [1.807, 2.05) is 41.0 Å². The van der Waals surface area contributed by atoms with Crippen molar-refractivity contribution in [1.29, 1.82) is 0 Å². The molecule has 0 radical (unpaired) electrons. The Balaban J connectivity index is 1.59. The number of alkyl halides is 3. The first-order valence-corrected chi connectivity index (χ1v) is 12.5. The molecule has 0 aliphatic carbocycles. The molecule has 0 aliphatic rings. The summed E-state index contributed by atoms with van der Waals surface area (Å²) in [6.45, 7) is 2.06. The quantitative estimate of drug-likeness (QED) is 0.241. The predicted octanol–water partition coefficient (Wildman–Crippen LogP) is 7.55. The Bertz CT molecular complexity index is 1370. The topological polar surface area (TPSA) is 59.8 Å². The van der Waals surface area contributed by atoms with Crippen molar-refractivity contribution in [2.24, 2.45) is 0 Å². The minimum Gasteiger partial charge on any atom is -0.324 e. The van der Waals surface area contributed by atoms with Gasteiger partial charge in [-0.3, -0.25) is 9.36 Å². The van der Waals surface area contributed by atoms with E-state index in [2.05, 4.69) is 22.4 Å². The van der Waals surface area contributed by atoms with E-state index in [9.17, 15) is 18.0 Å². The van der Waals surface area contributed by atoms with E-state index in [1.54, 1.807) is 12.1 Å². The van der Waals surface area contributed by atoms with E-state index in [0.29, 0.717) is 16.0 Å². The monoisotopic (exact) mass is 550 g/mol. The minimum atomic E-state index is -4.55. The van der Waals surface area contributed by atoms with Crippen molar-refractivity contribution in [2.75, 3.05) is 11.1 Å². The molecule has 1 aromatic heterocycles. The van der Waals surface area contributed by atoms with Crippen molar-refractivity contribution in [3.8, 4) is 17.1 Å². The van der Waals surface area contributed by atoms with Gasteiger partial charge in [-0.15, -0.1) is 10.2 Å². The third kappa shape index (κ3) is 6.03. The molecular weight excluding hydrogens is 532 g/mol. The fourth-order valence-corrected chi connectivity index (χ4v) is 4.42. The first-order chi connectivity index (χ1) is 17.2. The molecule has 0 atom stereocenters. The van der Waals surface area contributed by atoms with E-state index < -0.39 is 17.6 Å². The maximum Gasteiger partial charge on any atom is 0.416 e. The molecule has 0 saturated heterocycles. The number of hydrogen-bond acceptors (Lipinski definition) is 4. The lowest BCUT2D eigenvalue weighted by Gasteiger charge is -2.12. The SMILES string of the molecule is CCc1ccc(-n2c(SCC(=O)Nc3cc(C(F)(F)F)ccc3Cl)nnc2-c2ccc(Cl)cc2)cc1. The summed E-state index contributed by atoms with van der Waals surface area (Å²) in [5, 5.41) is 12.1. The van der Waals surface area contributed by atoms with E-state index >= 15 is 0 Å². The molecule has 4 rings (SSSR count). The number of aromatic nitrogens is 3. The van der Waals surface area contributed by atoms with Crippen LogP contribution in [0.25, 0.3) is 17.1 Å². The van der Waals surface area contributed by atoms with Gasteiger partial charge >= 0.3 is 6.18 Å². The lowest BCUT2D eigenvalue weighted by atomic mass is 10.1. The van der Waals surface area contributed by atoms with Crippen molar-refractivity contribution in [3.63, 3.8) is 0 Å². The van der Waals surface area contributed by atoms with E-state index in [4.69, 9.17) is 23.2 Å². The number of benzene rings is 3. The summed E-state index contributed by atoms with van der Waals surface area (Å²) in [6.07, 6.45) is -3.67. The summed E-state index contributed by atoms with van der Waals surface area (Å²) in [4.78, 5) is 12.6. The van der Waals surface area contributed by atoms with Gasteiger partial charge in [-0.2, -0.15) is 13.2 Å². The molecule has 11 heteroatoms. The zero-order chi connectivity index (χ0) is 25.9. The number of thioether (sulfide) groups is 1. The van der Waals surface area contributed by atoms with Crippen LogP contribution in [0, 0.1) is 0 Å². The lowest BCUT2D eigenvalue weighted by molar-refractivity contribution is -0.137. The van der Waals surface area contributed by atoms with E-state index in [0.717, 1.165) is 53.2 Å². The van der Waals surface area contributed by atoms with Gasteiger partial charge in [0, 0.05) is 16.3 Å². The molecule has 0 unspecified atom stereocenters. The summed E-state index contributed by atoms with van der Waals surface area (Å²) in [5.74, 6) is -0.108. The van der Waals surface area contributed by atoms with Crippen LogP contribution < -0.4 is 5.32 Å². The highest BCUT2D eigenvalue weighted by atomic mass is 35.5. The lowest BCUT2D eigenvalue weighted by Crippen LogP contribution is -2.16. The van der Waals surface area contributed by atoms with Crippen LogP contribution in [0.4, 0.5) is 18.9 Å². The van der Waals surface area contributed by atoms with Crippen LogP contribution in [0.1, 0.15) is 18.1 Å². The van der Waals surface area contributed by atoms with Gasteiger partial charge < -0.3 is 5.32 Å². The number of amides is 1. The van der Waals surface area contributed by atoms with Crippen molar-refractivity contribution >= 4 is 46.6 Å². The number of hydrogen-bond donors (Lipinski definition) is 1. The molecule has 5 nitrogen and oxygen atoms in total. The van der Waals surface area contributed by atoms with Crippen molar-refractivity contribution < 1.29 is 18.0 Å². The Morgan fingerprint density at radius 2 is 1.69 bits per heavy atom. The van der Waals surface area contributed by atoms with Crippen LogP contribution in [0.2, 0.25) is 10.0 Å². The summed E-state index contributed by atoms with van der Waals surface area (Å²) in [7, 11) is 0. The van der Waals surface area contributed by atoms with Crippen molar-refractivity contribution in [3.05, 3.63) is 87.9 Å².